The van der Waals surface area contributed by atoms with Crippen LogP contribution in [0.5, 0.6) is 11.5 Å². The van der Waals surface area contributed by atoms with E-state index in [2.05, 4.69) is 0 Å². The summed E-state index contributed by atoms with van der Waals surface area (Å²) in [5.74, 6) is 0.792. The fraction of sp³-hybridized carbons (Fsp3) is 0.154. The Labute approximate surface area is 188 Å². The van der Waals surface area contributed by atoms with E-state index >= 15 is 0 Å². The Morgan fingerprint density at radius 1 is 0.781 bits per heavy atom. The number of phenols is 1. The molecule has 0 radical (unpaired) electrons. The Bertz CT molecular complexity index is 1410. The van der Waals surface area contributed by atoms with E-state index in [1.807, 2.05) is 74.5 Å². The third-order valence-corrected chi connectivity index (χ3v) is 6.62. The highest BCUT2D eigenvalue weighted by Gasteiger charge is 2.25. The highest BCUT2D eigenvalue weighted by atomic mass is 32.2. The van der Waals surface area contributed by atoms with Crippen LogP contribution in [-0.4, -0.2) is 26.9 Å². The summed E-state index contributed by atoms with van der Waals surface area (Å²) in [6, 6.07) is 22.3. The molecular formula is C26H25NO4S. The highest BCUT2D eigenvalue weighted by Crippen LogP contribution is 2.41. The molecule has 0 aliphatic heterocycles. The van der Waals surface area contributed by atoms with Gasteiger partial charge in [-0.15, -0.1) is 0 Å². The van der Waals surface area contributed by atoms with Gasteiger partial charge in [0.15, 0.2) is 0 Å². The zero-order valence-corrected chi connectivity index (χ0v) is 19.3. The molecule has 32 heavy (non-hydrogen) atoms. The van der Waals surface area contributed by atoms with Gasteiger partial charge >= 0.3 is 0 Å². The first-order valence-electron chi connectivity index (χ1n) is 10.2. The lowest BCUT2D eigenvalue weighted by Gasteiger charge is -2.27. The van der Waals surface area contributed by atoms with E-state index in [1.54, 1.807) is 13.2 Å². The lowest BCUT2D eigenvalue weighted by molar-refractivity contribution is 0.411. The maximum Gasteiger partial charge on any atom is 0.236 e. The van der Waals surface area contributed by atoms with Crippen LogP contribution < -0.4 is 9.04 Å². The number of nitrogens with zero attached hydrogens (tertiary/aromatic N) is 1. The Morgan fingerprint density at radius 3 is 2.16 bits per heavy atom. The van der Waals surface area contributed by atoms with E-state index < -0.39 is 10.0 Å². The fourth-order valence-electron chi connectivity index (χ4n) is 4.00. The van der Waals surface area contributed by atoms with Crippen molar-refractivity contribution in [1.82, 2.24) is 0 Å². The van der Waals surface area contributed by atoms with Crippen LogP contribution in [0.2, 0.25) is 0 Å². The summed E-state index contributed by atoms with van der Waals surface area (Å²) in [4.78, 5) is 0. The van der Waals surface area contributed by atoms with Crippen LogP contribution in [0.4, 0.5) is 11.4 Å². The van der Waals surface area contributed by atoms with Gasteiger partial charge in [-0.1, -0.05) is 42.5 Å². The van der Waals surface area contributed by atoms with E-state index in [0.717, 1.165) is 22.3 Å². The number of methoxy groups -OCH3 is 1. The number of ether oxygens (including phenoxy) is 1. The molecule has 0 unspecified atom stereocenters. The van der Waals surface area contributed by atoms with E-state index in [0.29, 0.717) is 27.9 Å². The minimum Gasteiger partial charge on any atom is -0.507 e. The van der Waals surface area contributed by atoms with Crippen molar-refractivity contribution in [3.8, 4) is 22.6 Å². The monoisotopic (exact) mass is 447 g/mol. The summed E-state index contributed by atoms with van der Waals surface area (Å²) in [5, 5.41) is 11.8. The molecule has 0 atom stereocenters. The second-order valence-corrected chi connectivity index (χ2v) is 9.70. The molecule has 0 aliphatic rings. The first-order chi connectivity index (χ1) is 15.2. The molecule has 0 saturated carbocycles. The fourth-order valence-corrected chi connectivity index (χ4v) is 5.07. The molecule has 5 nitrogen and oxygen atoms in total. The number of aryl methyl sites for hydroxylation is 2. The Morgan fingerprint density at radius 2 is 1.50 bits per heavy atom. The van der Waals surface area contributed by atoms with Gasteiger partial charge in [0, 0.05) is 10.8 Å². The van der Waals surface area contributed by atoms with Crippen molar-refractivity contribution in [2.24, 2.45) is 0 Å². The molecule has 0 amide bonds. The summed E-state index contributed by atoms with van der Waals surface area (Å²) in [6.45, 7) is 3.73. The van der Waals surface area contributed by atoms with Gasteiger partial charge in [-0.25, -0.2) is 12.7 Å². The molecule has 0 saturated heterocycles. The third kappa shape index (κ3) is 3.89. The van der Waals surface area contributed by atoms with Crippen LogP contribution in [0.25, 0.3) is 21.9 Å². The van der Waals surface area contributed by atoms with Crippen molar-refractivity contribution < 1.29 is 18.3 Å². The van der Waals surface area contributed by atoms with E-state index in [9.17, 15) is 13.5 Å². The topological polar surface area (TPSA) is 66.8 Å². The first kappa shape index (κ1) is 21.7. The van der Waals surface area contributed by atoms with Gasteiger partial charge in [-0.05, 0) is 66.4 Å². The predicted molar refractivity (Wildman–Crippen MR) is 130 cm³/mol. The molecule has 164 valence electrons. The SMILES string of the molecule is COc1cc(C)c(N(c2ccc(O)c3cc(-c4ccccc4)ccc23)S(C)(=O)=O)cc1C. The summed E-state index contributed by atoms with van der Waals surface area (Å²) >= 11 is 0. The first-order valence-corrected chi connectivity index (χ1v) is 12.0. The normalized spacial score (nSPS) is 11.5. The van der Waals surface area contributed by atoms with E-state index in [-0.39, 0.29) is 5.75 Å². The van der Waals surface area contributed by atoms with Crippen LogP contribution in [-0.2, 0) is 10.0 Å². The third-order valence-electron chi connectivity index (χ3n) is 5.56. The van der Waals surface area contributed by atoms with Crippen molar-refractivity contribution in [2.45, 2.75) is 13.8 Å². The second kappa shape index (κ2) is 8.20. The summed E-state index contributed by atoms with van der Waals surface area (Å²) in [5.41, 5.74) is 4.57. The minimum absolute atomic E-state index is 0.0950. The number of anilines is 2. The van der Waals surface area contributed by atoms with Gasteiger partial charge in [0.05, 0.1) is 24.7 Å². The van der Waals surface area contributed by atoms with Crippen LogP contribution in [0, 0.1) is 13.8 Å². The van der Waals surface area contributed by atoms with Gasteiger partial charge in [0.1, 0.15) is 11.5 Å². The average molecular weight is 448 g/mol. The Hall–Kier alpha value is -3.51. The molecule has 6 heteroatoms. The van der Waals surface area contributed by atoms with Crippen molar-refractivity contribution >= 4 is 32.2 Å². The number of aromatic hydroxyl groups is 1. The highest BCUT2D eigenvalue weighted by molar-refractivity contribution is 7.92. The maximum absolute atomic E-state index is 13.0. The number of hydrogen-bond donors (Lipinski definition) is 1. The van der Waals surface area contributed by atoms with Crippen LogP contribution in [0.3, 0.4) is 0 Å². The molecule has 4 rings (SSSR count). The number of phenolic OH excluding ortho intramolecular Hbond substituents is 1. The number of fused-ring (bicyclic) bond motifs is 1. The number of sulfonamides is 1. The molecule has 0 spiro atoms. The van der Waals surface area contributed by atoms with Crippen molar-refractivity contribution in [3.05, 3.63) is 83.9 Å². The van der Waals surface area contributed by atoms with Crippen LogP contribution in [0.1, 0.15) is 11.1 Å². The zero-order valence-electron chi connectivity index (χ0n) is 18.5. The quantitative estimate of drug-likeness (QED) is 0.411. The lowest BCUT2D eigenvalue weighted by atomic mass is 9.99. The van der Waals surface area contributed by atoms with E-state index in [1.165, 1.54) is 16.6 Å². The standard InChI is InChI=1S/C26H25NO4S/c1-17-15-26(31-3)18(2)14-24(17)27(32(4,29)30)23-12-13-25(28)22-16-20(10-11-21(22)23)19-8-6-5-7-9-19/h5-16,28H,1-4H3. The van der Waals surface area contributed by atoms with Gasteiger partial charge in [-0.2, -0.15) is 0 Å². The second-order valence-electron chi connectivity index (χ2n) is 7.87. The summed E-state index contributed by atoms with van der Waals surface area (Å²) in [7, 11) is -2.09. The molecule has 0 bridgehead atoms. The van der Waals surface area contributed by atoms with Gasteiger partial charge in [0.25, 0.3) is 0 Å². The predicted octanol–water partition coefficient (Wildman–Crippen LogP) is 5.94. The summed E-state index contributed by atoms with van der Waals surface area (Å²) < 4.78 is 32.7. The molecule has 1 N–H and O–H groups in total. The van der Waals surface area contributed by atoms with Crippen LogP contribution in [0.15, 0.2) is 72.8 Å². The van der Waals surface area contributed by atoms with E-state index in [4.69, 9.17) is 4.74 Å². The van der Waals surface area contributed by atoms with Crippen molar-refractivity contribution in [2.75, 3.05) is 17.7 Å². The maximum atomic E-state index is 13.0. The Balaban J connectivity index is 1.97. The molecule has 0 aliphatic carbocycles. The van der Waals surface area contributed by atoms with Gasteiger partial charge in [0.2, 0.25) is 10.0 Å². The number of hydrogen-bond acceptors (Lipinski definition) is 4. The molecule has 0 aromatic heterocycles. The van der Waals surface area contributed by atoms with Gasteiger partial charge < -0.3 is 9.84 Å². The number of rotatable bonds is 5. The molecular weight excluding hydrogens is 422 g/mol. The zero-order chi connectivity index (χ0) is 23.0. The largest absolute Gasteiger partial charge is 0.507 e. The molecule has 4 aromatic carbocycles. The summed E-state index contributed by atoms with van der Waals surface area (Å²) in [6.07, 6.45) is 1.18. The minimum atomic E-state index is -3.69. The lowest BCUT2D eigenvalue weighted by Crippen LogP contribution is -2.25. The average Bonchev–Trinajstić information content (AvgIpc) is 2.77. The van der Waals surface area contributed by atoms with Crippen molar-refractivity contribution in [1.29, 1.82) is 0 Å². The van der Waals surface area contributed by atoms with Crippen molar-refractivity contribution in [3.63, 3.8) is 0 Å². The van der Waals surface area contributed by atoms with Crippen LogP contribution >= 0.6 is 0 Å². The van der Waals surface area contributed by atoms with Gasteiger partial charge in [-0.3, -0.25) is 0 Å². The number of benzene rings is 4. The molecule has 0 fully saturated rings. The molecule has 4 aromatic rings. The Kier molecular flexibility index (Phi) is 5.57. The molecule has 0 heterocycles. The smallest absolute Gasteiger partial charge is 0.236 e.